The molecule has 0 aromatic carbocycles. The fourth-order valence-corrected chi connectivity index (χ4v) is 4.31. The van der Waals surface area contributed by atoms with E-state index in [0.29, 0.717) is 50.2 Å². The highest BCUT2D eigenvalue weighted by atomic mass is 16.5. The van der Waals surface area contributed by atoms with Gasteiger partial charge >= 0.3 is 0 Å². The molecule has 1 aliphatic rings. The van der Waals surface area contributed by atoms with Crippen LogP contribution in [0.2, 0.25) is 0 Å². The average molecular weight is 483 g/mol. The van der Waals surface area contributed by atoms with Crippen molar-refractivity contribution in [1.29, 1.82) is 0 Å². The first kappa shape index (κ1) is 29.9. The molecule has 4 amide bonds. The molecule has 9 nitrogen and oxygen atoms in total. The maximum absolute atomic E-state index is 13.0. The van der Waals surface area contributed by atoms with Crippen LogP contribution in [0.5, 0.6) is 0 Å². The van der Waals surface area contributed by atoms with E-state index >= 15 is 0 Å². The molecule has 0 saturated carbocycles. The van der Waals surface area contributed by atoms with Crippen LogP contribution in [0.4, 0.5) is 0 Å². The van der Waals surface area contributed by atoms with Crippen LogP contribution >= 0.6 is 0 Å². The topological polar surface area (TPSA) is 128 Å². The van der Waals surface area contributed by atoms with Crippen molar-refractivity contribution >= 4 is 24.1 Å². The van der Waals surface area contributed by atoms with E-state index in [0.717, 1.165) is 32.1 Å². The predicted octanol–water partition coefficient (Wildman–Crippen LogP) is 3.05. The third kappa shape index (κ3) is 14.9. The van der Waals surface area contributed by atoms with Gasteiger partial charge in [-0.25, -0.2) is 5.06 Å². The largest absolute Gasteiger partial charge is 0.356 e. The van der Waals surface area contributed by atoms with Crippen LogP contribution in [0.15, 0.2) is 0 Å². The maximum atomic E-state index is 13.0. The molecule has 0 radical (unpaired) electrons. The Morgan fingerprint density at radius 2 is 1.56 bits per heavy atom. The average Bonchev–Trinajstić information content (AvgIpc) is 2.81. The van der Waals surface area contributed by atoms with Crippen molar-refractivity contribution in [2.24, 2.45) is 5.92 Å². The first-order valence-corrected chi connectivity index (χ1v) is 13.2. The molecule has 0 spiro atoms. The van der Waals surface area contributed by atoms with Gasteiger partial charge in [0.2, 0.25) is 24.1 Å². The van der Waals surface area contributed by atoms with Crippen LogP contribution in [-0.4, -0.2) is 60.1 Å². The minimum Gasteiger partial charge on any atom is -0.356 e. The number of hydrogen-bond acceptors (Lipinski definition) is 5. The van der Waals surface area contributed by atoms with E-state index < -0.39 is 12.0 Å². The Labute approximate surface area is 204 Å². The Bertz CT molecular complexity index is 602. The smallest absolute Gasteiger partial charge is 0.242 e. The fraction of sp³-hybridized carbons (Fsp3) is 0.840. The second-order valence-electron chi connectivity index (χ2n) is 9.43. The number of amides is 4. The predicted molar refractivity (Wildman–Crippen MR) is 131 cm³/mol. The lowest BCUT2D eigenvalue weighted by molar-refractivity contribution is -0.155. The second-order valence-corrected chi connectivity index (χ2v) is 9.43. The zero-order valence-electron chi connectivity index (χ0n) is 21.0. The molecule has 1 aliphatic heterocycles. The van der Waals surface area contributed by atoms with E-state index in [4.69, 9.17) is 0 Å². The standard InChI is InChI=1S/C25H46N4O5/c1-21(31)26-17-14-12-16-23-25(33)27-18-13-10-8-6-4-2-3-5-7-9-11-15-22(24(32)28-23)19-29(34)20-30/h20,22-23,34H,2-19H2,1H3,(H,26,31)(H,27,33)(H,28,32)/t22-,23+/m1/s1. The van der Waals surface area contributed by atoms with Gasteiger partial charge in [0.25, 0.3) is 0 Å². The first-order chi connectivity index (χ1) is 16.4. The summed E-state index contributed by atoms with van der Waals surface area (Å²) in [6.45, 7) is 2.48. The van der Waals surface area contributed by atoms with Gasteiger partial charge in [-0.1, -0.05) is 64.2 Å². The van der Waals surface area contributed by atoms with Crippen molar-refractivity contribution in [1.82, 2.24) is 21.0 Å². The quantitative estimate of drug-likeness (QED) is 0.183. The van der Waals surface area contributed by atoms with E-state index in [1.54, 1.807) is 0 Å². The molecule has 34 heavy (non-hydrogen) atoms. The third-order valence-corrected chi connectivity index (χ3v) is 6.36. The lowest BCUT2D eigenvalue weighted by atomic mass is 9.97. The van der Waals surface area contributed by atoms with Crippen LogP contribution in [0.1, 0.15) is 103 Å². The zero-order valence-corrected chi connectivity index (χ0v) is 21.0. The monoisotopic (exact) mass is 482 g/mol. The van der Waals surface area contributed by atoms with Crippen LogP contribution in [-0.2, 0) is 19.2 Å². The summed E-state index contributed by atoms with van der Waals surface area (Å²) in [6, 6.07) is -0.683. The number of carbonyl (C=O) groups excluding carboxylic acids is 4. The first-order valence-electron chi connectivity index (χ1n) is 13.2. The number of hydroxylamine groups is 2. The number of unbranched alkanes of at least 4 members (excludes halogenated alkanes) is 1. The molecular weight excluding hydrogens is 436 g/mol. The molecule has 0 aromatic heterocycles. The molecule has 1 saturated heterocycles. The second kappa shape index (κ2) is 19.2. The molecule has 4 N–H and O–H groups in total. The van der Waals surface area contributed by atoms with Crippen molar-refractivity contribution in [3.8, 4) is 0 Å². The van der Waals surface area contributed by atoms with Gasteiger partial charge in [0.05, 0.1) is 12.5 Å². The molecule has 1 fully saturated rings. The molecule has 2 atom stereocenters. The van der Waals surface area contributed by atoms with Gasteiger partial charge < -0.3 is 16.0 Å². The summed E-state index contributed by atoms with van der Waals surface area (Å²) in [5.41, 5.74) is 0. The number of carbonyl (C=O) groups is 4. The summed E-state index contributed by atoms with van der Waals surface area (Å²) in [7, 11) is 0. The van der Waals surface area contributed by atoms with E-state index in [1.165, 1.54) is 45.4 Å². The molecule has 1 rings (SSSR count). The van der Waals surface area contributed by atoms with Crippen molar-refractivity contribution in [2.75, 3.05) is 19.6 Å². The highest BCUT2D eigenvalue weighted by Gasteiger charge is 2.26. The molecular formula is C25H46N4O5. The number of rotatable bonds is 8. The maximum Gasteiger partial charge on any atom is 0.242 e. The normalized spacial score (nSPS) is 22.3. The van der Waals surface area contributed by atoms with Gasteiger partial charge in [-0.2, -0.15) is 0 Å². The van der Waals surface area contributed by atoms with Gasteiger partial charge in [0.1, 0.15) is 6.04 Å². The summed E-state index contributed by atoms with van der Waals surface area (Å²) >= 11 is 0. The summed E-state index contributed by atoms with van der Waals surface area (Å²) in [5.74, 6) is -1.20. The molecule has 1 heterocycles. The SMILES string of the molecule is CC(=O)NCCCC[C@@H]1NC(=O)[C@@H](CN(O)C=O)CCCCCCCCCCCCCNC1=O. The minimum absolute atomic E-state index is 0.0911. The molecule has 0 bridgehead atoms. The van der Waals surface area contributed by atoms with E-state index in [9.17, 15) is 24.4 Å². The number of nitrogens with zero attached hydrogens (tertiary/aromatic N) is 1. The van der Waals surface area contributed by atoms with Crippen molar-refractivity contribution in [3.63, 3.8) is 0 Å². The molecule has 9 heteroatoms. The van der Waals surface area contributed by atoms with E-state index in [2.05, 4.69) is 16.0 Å². The lowest BCUT2D eigenvalue weighted by Gasteiger charge is -2.24. The van der Waals surface area contributed by atoms with Gasteiger partial charge in [-0.3, -0.25) is 24.4 Å². The Morgan fingerprint density at radius 1 is 0.971 bits per heavy atom. The number of nitrogens with one attached hydrogen (secondary N) is 3. The van der Waals surface area contributed by atoms with Gasteiger partial charge in [0.15, 0.2) is 0 Å². The summed E-state index contributed by atoms with van der Waals surface area (Å²) in [5, 5.41) is 18.7. The highest BCUT2D eigenvalue weighted by molar-refractivity contribution is 5.88. The van der Waals surface area contributed by atoms with E-state index in [1.807, 2.05) is 0 Å². The molecule has 0 aliphatic carbocycles. The van der Waals surface area contributed by atoms with Crippen molar-refractivity contribution < 1.29 is 24.4 Å². The molecule has 0 aromatic rings. The Morgan fingerprint density at radius 3 is 2.15 bits per heavy atom. The Hall–Kier alpha value is -2.16. The van der Waals surface area contributed by atoms with E-state index in [-0.39, 0.29) is 24.3 Å². The summed E-state index contributed by atoms with van der Waals surface area (Å²) in [4.78, 5) is 47.8. The third-order valence-electron chi connectivity index (χ3n) is 6.36. The van der Waals surface area contributed by atoms with Gasteiger partial charge in [0, 0.05) is 20.0 Å². The van der Waals surface area contributed by atoms with Crippen LogP contribution < -0.4 is 16.0 Å². The summed E-state index contributed by atoms with van der Waals surface area (Å²) < 4.78 is 0. The number of hydrogen-bond donors (Lipinski definition) is 4. The highest BCUT2D eigenvalue weighted by Crippen LogP contribution is 2.16. The Kier molecular flexibility index (Phi) is 16.8. The van der Waals surface area contributed by atoms with Crippen LogP contribution in [0.3, 0.4) is 0 Å². The Balaban J connectivity index is 2.77. The van der Waals surface area contributed by atoms with Gasteiger partial charge in [-0.15, -0.1) is 0 Å². The lowest BCUT2D eigenvalue weighted by Crippen LogP contribution is -2.50. The summed E-state index contributed by atoms with van der Waals surface area (Å²) in [6.07, 6.45) is 15.0. The van der Waals surface area contributed by atoms with Crippen LogP contribution in [0.25, 0.3) is 0 Å². The van der Waals surface area contributed by atoms with Crippen molar-refractivity contribution in [2.45, 2.75) is 109 Å². The zero-order chi connectivity index (χ0) is 25.0. The van der Waals surface area contributed by atoms with Crippen molar-refractivity contribution in [3.05, 3.63) is 0 Å². The molecule has 0 unspecified atom stereocenters. The van der Waals surface area contributed by atoms with Gasteiger partial charge in [-0.05, 0) is 32.1 Å². The fourth-order valence-electron chi connectivity index (χ4n) is 4.31. The molecule has 196 valence electrons. The minimum atomic E-state index is -0.683. The van der Waals surface area contributed by atoms with Crippen LogP contribution in [0, 0.1) is 5.92 Å².